The molecule has 0 heterocycles. The Bertz CT molecular complexity index is 848. The van der Waals surface area contributed by atoms with E-state index in [0.717, 1.165) is 5.56 Å². The molecule has 7 heteroatoms. The van der Waals surface area contributed by atoms with Crippen LogP contribution in [0.15, 0.2) is 42.5 Å². The largest absolute Gasteiger partial charge is 0.497 e. The number of amides is 2. The normalized spacial score (nSPS) is 11.7. The molecule has 0 aromatic heterocycles. The molecule has 2 N–H and O–H groups in total. The van der Waals surface area contributed by atoms with E-state index < -0.39 is 6.04 Å². The predicted octanol–water partition coefficient (Wildman–Crippen LogP) is 3.35. The number of rotatable bonds is 10. The van der Waals surface area contributed by atoms with Crippen molar-refractivity contribution in [2.24, 2.45) is 5.92 Å². The van der Waals surface area contributed by atoms with Crippen LogP contribution in [0.1, 0.15) is 36.2 Å². The van der Waals surface area contributed by atoms with E-state index in [-0.39, 0.29) is 23.5 Å². The average Bonchev–Trinajstić information content (AvgIpc) is 2.74. The minimum absolute atomic E-state index is 0.107. The number of aryl methyl sites for hydroxylation is 1. The van der Waals surface area contributed by atoms with Crippen LogP contribution in [0.5, 0.6) is 11.5 Å². The number of carbonyl (C=O) groups excluding carboxylic acids is 2. The van der Waals surface area contributed by atoms with Crippen molar-refractivity contribution in [1.29, 1.82) is 0 Å². The van der Waals surface area contributed by atoms with Crippen molar-refractivity contribution < 1.29 is 23.5 Å². The van der Waals surface area contributed by atoms with Gasteiger partial charge in [-0.15, -0.1) is 0 Å². The van der Waals surface area contributed by atoms with E-state index in [9.17, 15) is 14.0 Å². The summed E-state index contributed by atoms with van der Waals surface area (Å²) in [5.74, 6) is -0.0453. The lowest BCUT2D eigenvalue weighted by Gasteiger charge is -2.22. The maximum absolute atomic E-state index is 13.2. The maximum Gasteiger partial charge on any atom is 0.252 e. The first-order chi connectivity index (χ1) is 14.3. The topological polar surface area (TPSA) is 76.7 Å². The number of nitrogens with one attached hydrogen (secondary N) is 2. The van der Waals surface area contributed by atoms with E-state index in [4.69, 9.17) is 9.47 Å². The summed E-state index contributed by atoms with van der Waals surface area (Å²) >= 11 is 0. The van der Waals surface area contributed by atoms with Gasteiger partial charge >= 0.3 is 0 Å². The molecule has 30 heavy (non-hydrogen) atoms. The number of carbonyl (C=O) groups is 2. The lowest BCUT2D eigenvalue weighted by Crippen LogP contribution is -2.49. The summed E-state index contributed by atoms with van der Waals surface area (Å²) in [5.41, 5.74) is 1.22. The SMILES string of the molecule is COc1cc(OC)cc(C(=O)NC(C(=O)NCCCc2cccc(F)c2)C(C)C)c1. The molecule has 1 unspecified atom stereocenters. The van der Waals surface area contributed by atoms with Gasteiger partial charge in [0.15, 0.2) is 0 Å². The molecule has 0 spiro atoms. The smallest absolute Gasteiger partial charge is 0.252 e. The summed E-state index contributed by atoms with van der Waals surface area (Å²) < 4.78 is 23.6. The molecule has 2 rings (SSSR count). The van der Waals surface area contributed by atoms with Crippen LogP contribution in [-0.2, 0) is 11.2 Å². The molecular weight excluding hydrogens is 387 g/mol. The van der Waals surface area contributed by atoms with Crippen molar-refractivity contribution >= 4 is 11.8 Å². The monoisotopic (exact) mass is 416 g/mol. The Hall–Kier alpha value is -3.09. The van der Waals surface area contributed by atoms with Gasteiger partial charge in [-0.05, 0) is 48.6 Å². The third-order valence-electron chi connectivity index (χ3n) is 4.68. The Balaban J connectivity index is 1.94. The molecule has 2 amide bonds. The van der Waals surface area contributed by atoms with Gasteiger partial charge in [0.25, 0.3) is 5.91 Å². The Morgan fingerprint density at radius 1 is 1.03 bits per heavy atom. The summed E-state index contributed by atoms with van der Waals surface area (Å²) in [6.45, 7) is 4.16. The van der Waals surface area contributed by atoms with Gasteiger partial charge in [0.1, 0.15) is 23.4 Å². The number of ether oxygens (including phenoxy) is 2. The predicted molar refractivity (Wildman–Crippen MR) is 113 cm³/mol. The maximum atomic E-state index is 13.2. The van der Waals surface area contributed by atoms with Crippen molar-refractivity contribution in [3.8, 4) is 11.5 Å². The number of hydrogen-bond acceptors (Lipinski definition) is 4. The van der Waals surface area contributed by atoms with Crippen molar-refractivity contribution in [3.05, 3.63) is 59.4 Å². The Morgan fingerprint density at radius 2 is 1.70 bits per heavy atom. The molecule has 0 saturated carbocycles. The van der Waals surface area contributed by atoms with E-state index in [1.165, 1.54) is 26.4 Å². The standard InChI is InChI=1S/C23H29FN2O4/c1-15(2)21(23(28)25-10-6-8-16-7-5-9-18(24)11-16)26-22(27)17-12-19(29-3)14-20(13-17)30-4/h5,7,9,11-15,21H,6,8,10H2,1-4H3,(H,25,28)(H,26,27). The quantitative estimate of drug-likeness (QED) is 0.583. The molecule has 0 bridgehead atoms. The molecule has 6 nitrogen and oxygen atoms in total. The van der Waals surface area contributed by atoms with Crippen LogP contribution in [0.3, 0.4) is 0 Å². The van der Waals surface area contributed by atoms with Crippen molar-refractivity contribution in [1.82, 2.24) is 10.6 Å². The van der Waals surface area contributed by atoms with E-state index in [1.807, 2.05) is 19.9 Å². The van der Waals surface area contributed by atoms with Gasteiger partial charge in [0.2, 0.25) is 5.91 Å². The van der Waals surface area contributed by atoms with Gasteiger partial charge in [0, 0.05) is 18.2 Å². The van der Waals surface area contributed by atoms with Crippen LogP contribution in [0.25, 0.3) is 0 Å². The second-order valence-corrected chi connectivity index (χ2v) is 7.32. The molecule has 1 atom stereocenters. The lowest BCUT2D eigenvalue weighted by molar-refractivity contribution is -0.123. The molecule has 2 aromatic rings. The van der Waals surface area contributed by atoms with Gasteiger partial charge in [-0.1, -0.05) is 26.0 Å². The molecule has 0 aliphatic rings. The van der Waals surface area contributed by atoms with Crippen LogP contribution in [0.2, 0.25) is 0 Å². The molecule has 0 radical (unpaired) electrons. The van der Waals surface area contributed by atoms with E-state index in [2.05, 4.69) is 10.6 Å². The summed E-state index contributed by atoms with van der Waals surface area (Å²) in [6.07, 6.45) is 1.32. The van der Waals surface area contributed by atoms with Gasteiger partial charge in [-0.25, -0.2) is 4.39 Å². The zero-order valence-electron chi connectivity index (χ0n) is 17.8. The Kier molecular flexibility index (Phi) is 8.65. The summed E-state index contributed by atoms with van der Waals surface area (Å²) in [6, 6.07) is 10.6. The fourth-order valence-corrected chi connectivity index (χ4v) is 3.00. The van der Waals surface area contributed by atoms with E-state index in [0.29, 0.717) is 36.4 Å². The zero-order chi connectivity index (χ0) is 22.1. The van der Waals surface area contributed by atoms with Gasteiger partial charge in [-0.3, -0.25) is 9.59 Å². The van der Waals surface area contributed by atoms with Gasteiger partial charge in [-0.2, -0.15) is 0 Å². The number of benzene rings is 2. The summed E-state index contributed by atoms with van der Waals surface area (Å²) in [7, 11) is 3.01. The van der Waals surface area contributed by atoms with Crippen LogP contribution in [-0.4, -0.2) is 38.6 Å². The van der Waals surface area contributed by atoms with Gasteiger partial charge < -0.3 is 20.1 Å². The average molecular weight is 416 g/mol. The molecule has 2 aromatic carbocycles. The molecule has 0 aliphatic heterocycles. The first-order valence-corrected chi connectivity index (χ1v) is 9.90. The van der Waals surface area contributed by atoms with Crippen LogP contribution >= 0.6 is 0 Å². The Morgan fingerprint density at radius 3 is 2.27 bits per heavy atom. The Labute approximate surface area is 176 Å². The van der Waals surface area contributed by atoms with E-state index in [1.54, 1.807) is 24.3 Å². The van der Waals surface area contributed by atoms with E-state index >= 15 is 0 Å². The first kappa shape index (κ1) is 23.2. The molecule has 0 saturated heterocycles. The highest BCUT2D eigenvalue weighted by Crippen LogP contribution is 2.22. The third kappa shape index (κ3) is 6.76. The van der Waals surface area contributed by atoms with Crippen LogP contribution in [0.4, 0.5) is 4.39 Å². The van der Waals surface area contributed by atoms with Crippen molar-refractivity contribution in [2.75, 3.05) is 20.8 Å². The van der Waals surface area contributed by atoms with Crippen LogP contribution < -0.4 is 20.1 Å². The van der Waals surface area contributed by atoms with Crippen molar-refractivity contribution in [3.63, 3.8) is 0 Å². The van der Waals surface area contributed by atoms with Gasteiger partial charge in [0.05, 0.1) is 14.2 Å². The molecular formula is C23H29FN2O4. The number of halogens is 1. The lowest BCUT2D eigenvalue weighted by atomic mass is 10.0. The molecule has 0 fully saturated rings. The highest BCUT2D eigenvalue weighted by molar-refractivity contribution is 5.98. The second-order valence-electron chi connectivity index (χ2n) is 7.32. The highest BCUT2D eigenvalue weighted by Gasteiger charge is 2.24. The second kappa shape index (κ2) is 11.2. The fourth-order valence-electron chi connectivity index (χ4n) is 3.00. The number of methoxy groups -OCH3 is 2. The fraction of sp³-hybridized carbons (Fsp3) is 0.391. The van der Waals surface area contributed by atoms with Crippen molar-refractivity contribution in [2.45, 2.75) is 32.7 Å². The molecule has 0 aliphatic carbocycles. The minimum Gasteiger partial charge on any atom is -0.497 e. The number of hydrogen-bond donors (Lipinski definition) is 2. The zero-order valence-corrected chi connectivity index (χ0v) is 17.8. The third-order valence-corrected chi connectivity index (χ3v) is 4.68. The summed E-state index contributed by atoms with van der Waals surface area (Å²) in [5, 5.41) is 5.64. The van der Waals surface area contributed by atoms with Crippen LogP contribution in [0, 0.1) is 11.7 Å². The minimum atomic E-state index is -0.691. The highest BCUT2D eigenvalue weighted by atomic mass is 19.1. The first-order valence-electron chi connectivity index (χ1n) is 9.90. The molecule has 162 valence electrons. The summed E-state index contributed by atoms with van der Waals surface area (Å²) in [4.78, 5) is 25.3.